The second-order valence-corrected chi connectivity index (χ2v) is 2.28. The van der Waals surface area contributed by atoms with Crippen molar-refractivity contribution in [2.75, 3.05) is 11.0 Å². The highest BCUT2D eigenvalue weighted by Gasteiger charge is 1.82. The van der Waals surface area contributed by atoms with Gasteiger partial charge in [-0.2, -0.15) is 0 Å². The van der Waals surface area contributed by atoms with E-state index in [1.165, 1.54) is 0 Å². The summed E-state index contributed by atoms with van der Waals surface area (Å²) in [6.45, 7) is 8.00. The summed E-state index contributed by atoms with van der Waals surface area (Å²) in [4.78, 5) is 0. The Bertz CT molecular complexity index is 163. The Balaban J connectivity index is 0. The van der Waals surface area contributed by atoms with Gasteiger partial charge in [-0.25, -0.2) is 0 Å². The Morgan fingerprint density at radius 1 is 0.923 bits per heavy atom. The highest BCUT2D eigenvalue weighted by Crippen LogP contribution is 2.08. The third kappa shape index (κ3) is 9.28. The van der Waals surface area contributed by atoms with Crippen molar-refractivity contribution >= 4 is 17.6 Å². The van der Waals surface area contributed by atoms with Crippen molar-refractivity contribution in [2.24, 2.45) is 0 Å². The lowest BCUT2D eigenvalue weighted by molar-refractivity contribution is 1.50. The van der Waals surface area contributed by atoms with E-state index in [4.69, 9.17) is 0 Å². The second kappa shape index (κ2) is 13.9. The molecule has 0 atom stereocenters. The van der Waals surface area contributed by atoms with Gasteiger partial charge in [0, 0.05) is 11.9 Å². The number of hydrogen-bond donors (Lipinski definition) is 1. The molecule has 0 heterocycles. The molecule has 0 aliphatic carbocycles. The van der Waals surface area contributed by atoms with Crippen molar-refractivity contribution in [3.05, 3.63) is 30.3 Å². The van der Waals surface area contributed by atoms with E-state index in [9.17, 15) is 0 Å². The van der Waals surface area contributed by atoms with Gasteiger partial charge in [0.05, 0.1) is 0 Å². The molecule has 0 spiro atoms. The van der Waals surface area contributed by atoms with Gasteiger partial charge in [-0.1, -0.05) is 57.8 Å². The average molecular weight is 199 g/mol. The maximum atomic E-state index is 3.12. The summed E-state index contributed by atoms with van der Waals surface area (Å²) in [5.74, 6) is 0. The van der Waals surface area contributed by atoms with Gasteiger partial charge < -0.3 is 4.72 Å². The van der Waals surface area contributed by atoms with E-state index in [0.29, 0.717) is 0 Å². The van der Waals surface area contributed by atoms with Crippen LogP contribution in [-0.4, -0.2) is 6.26 Å². The number of benzene rings is 1. The minimum atomic E-state index is 1.16. The van der Waals surface area contributed by atoms with Crippen LogP contribution in [-0.2, 0) is 0 Å². The maximum absolute atomic E-state index is 3.12. The zero-order valence-corrected chi connectivity index (χ0v) is 10.1. The minimum absolute atomic E-state index is 1.16. The third-order valence-corrected chi connectivity index (χ3v) is 1.43. The van der Waals surface area contributed by atoms with E-state index in [1.807, 2.05) is 64.3 Å². The molecule has 0 bridgehead atoms. The van der Waals surface area contributed by atoms with Crippen molar-refractivity contribution in [1.29, 1.82) is 0 Å². The Hall–Kier alpha value is -0.630. The van der Waals surface area contributed by atoms with Crippen LogP contribution in [0.15, 0.2) is 30.3 Å². The number of nitrogens with one attached hydrogen (secondary N) is 1. The highest BCUT2D eigenvalue weighted by atomic mass is 32.2. The molecule has 76 valence electrons. The molecule has 0 aromatic heterocycles. The normalized spacial score (nSPS) is 7.15. The van der Waals surface area contributed by atoms with E-state index in [-0.39, 0.29) is 0 Å². The molecule has 0 fully saturated rings. The number of anilines is 1. The van der Waals surface area contributed by atoms with E-state index in [0.717, 1.165) is 5.69 Å². The first-order chi connectivity index (χ1) is 6.43. The van der Waals surface area contributed by atoms with Gasteiger partial charge in [-0.15, -0.1) is 0 Å². The van der Waals surface area contributed by atoms with Gasteiger partial charge in [0.1, 0.15) is 0 Å². The molecular weight excluding hydrogens is 178 g/mol. The molecule has 0 amide bonds. The third-order valence-electron chi connectivity index (χ3n) is 0.994. The zero-order chi connectivity index (χ0) is 10.5. The van der Waals surface area contributed by atoms with Crippen LogP contribution >= 0.6 is 11.9 Å². The van der Waals surface area contributed by atoms with Gasteiger partial charge in [0.2, 0.25) is 0 Å². The number of para-hydroxylation sites is 1. The molecule has 0 unspecified atom stereocenters. The SMILES string of the molecule is CC.CC.CSNc1ccccc1. The zero-order valence-electron chi connectivity index (χ0n) is 9.29. The van der Waals surface area contributed by atoms with Gasteiger partial charge in [-0.05, 0) is 12.1 Å². The summed E-state index contributed by atoms with van der Waals surface area (Å²) in [6.07, 6.45) is 2.01. The first-order valence-electron chi connectivity index (χ1n) is 4.77. The molecule has 0 saturated heterocycles. The summed E-state index contributed by atoms with van der Waals surface area (Å²) in [5.41, 5.74) is 1.16. The predicted molar refractivity (Wildman–Crippen MR) is 66.3 cm³/mol. The molecule has 0 aliphatic heterocycles. The fourth-order valence-corrected chi connectivity index (χ4v) is 0.996. The molecule has 1 aromatic rings. The lowest BCUT2D eigenvalue weighted by atomic mass is 10.3. The molecule has 1 nitrogen and oxygen atoms in total. The number of rotatable bonds is 2. The first-order valence-corrected chi connectivity index (χ1v) is 6.00. The predicted octanol–water partition coefficient (Wildman–Crippen LogP) is 4.43. The van der Waals surface area contributed by atoms with Gasteiger partial charge in [-0.3, -0.25) is 0 Å². The maximum Gasteiger partial charge on any atom is 0.0439 e. The van der Waals surface area contributed by atoms with Crippen LogP contribution in [0.2, 0.25) is 0 Å². The van der Waals surface area contributed by atoms with Crippen LogP contribution in [0, 0.1) is 0 Å². The molecule has 0 radical (unpaired) electrons. The molecule has 1 rings (SSSR count). The highest BCUT2D eigenvalue weighted by molar-refractivity contribution is 7.99. The van der Waals surface area contributed by atoms with Crippen LogP contribution in [0.1, 0.15) is 27.7 Å². The van der Waals surface area contributed by atoms with Crippen molar-refractivity contribution < 1.29 is 0 Å². The average Bonchev–Trinajstić information content (AvgIpc) is 2.26. The molecule has 2 heteroatoms. The van der Waals surface area contributed by atoms with Crippen LogP contribution in [0.4, 0.5) is 5.69 Å². The van der Waals surface area contributed by atoms with Gasteiger partial charge >= 0.3 is 0 Å². The molecule has 0 saturated carbocycles. The monoisotopic (exact) mass is 199 g/mol. The fraction of sp³-hybridized carbons (Fsp3) is 0.455. The Labute approximate surface area is 87.1 Å². The van der Waals surface area contributed by atoms with Gasteiger partial charge in [0.15, 0.2) is 0 Å². The lowest BCUT2D eigenvalue weighted by Crippen LogP contribution is -1.81. The molecule has 1 N–H and O–H groups in total. The number of hydrogen-bond acceptors (Lipinski definition) is 2. The summed E-state index contributed by atoms with van der Waals surface area (Å²) in [7, 11) is 0. The van der Waals surface area contributed by atoms with E-state index >= 15 is 0 Å². The van der Waals surface area contributed by atoms with Gasteiger partial charge in [0.25, 0.3) is 0 Å². The van der Waals surface area contributed by atoms with Crippen LogP contribution in [0.5, 0.6) is 0 Å². The molecule has 13 heavy (non-hydrogen) atoms. The van der Waals surface area contributed by atoms with Crippen molar-refractivity contribution in [1.82, 2.24) is 0 Å². The Morgan fingerprint density at radius 3 is 1.77 bits per heavy atom. The van der Waals surface area contributed by atoms with E-state index in [1.54, 1.807) is 11.9 Å². The summed E-state index contributed by atoms with van der Waals surface area (Å²) < 4.78 is 3.12. The van der Waals surface area contributed by atoms with Crippen LogP contribution in [0.25, 0.3) is 0 Å². The molecular formula is C11H21NS. The Morgan fingerprint density at radius 2 is 1.38 bits per heavy atom. The van der Waals surface area contributed by atoms with Crippen molar-refractivity contribution in [3.63, 3.8) is 0 Å². The molecule has 1 aromatic carbocycles. The minimum Gasteiger partial charge on any atom is -0.330 e. The quantitative estimate of drug-likeness (QED) is 0.707. The smallest absolute Gasteiger partial charge is 0.0439 e. The van der Waals surface area contributed by atoms with Crippen LogP contribution < -0.4 is 4.72 Å². The Kier molecular flexibility index (Phi) is 15.9. The van der Waals surface area contributed by atoms with E-state index in [2.05, 4.69) is 4.72 Å². The van der Waals surface area contributed by atoms with Crippen molar-refractivity contribution in [3.8, 4) is 0 Å². The summed E-state index contributed by atoms with van der Waals surface area (Å²) >= 11 is 1.60. The second-order valence-electron chi connectivity index (χ2n) is 1.67. The topological polar surface area (TPSA) is 12.0 Å². The lowest BCUT2D eigenvalue weighted by Gasteiger charge is -1.98. The molecule has 0 aliphatic rings. The van der Waals surface area contributed by atoms with Crippen molar-refractivity contribution in [2.45, 2.75) is 27.7 Å². The first kappa shape index (κ1) is 14.9. The van der Waals surface area contributed by atoms with Crippen LogP contribution in [0.3, 0.4) is 0 Å². The summed E-state index contributed by atoms with van der Waals surface area (Å²) in [6, 6.07) is 10.1. The van der Waals surface area contributed by atoms with E-state index < -0.39 is 0 Å². The standard InChI is InChI=1S/C7H9NS.2C2H6/c1-9-8-7-5-3-2-4-6-7;2*1-2/h2-6,8H,1H3;2*1-2H3. The fourth-order valence-electron chi connectivity index (χ4n) is 0.624. The summed E-state index contributed by atoms with van der Waals surface area (Å²) in [5, 5.41) is 0. The largest absolute Gasteiger partial charge is 0.330 e.